The van der Waals surface area contributed by atoms with Crippen LogP contribution in [0.3, 0.4) is 0 Å². The van der Waals surface area contributed by atoms with Crippen LogP contribution < -0.4 is 4.74 Å². The van der Waals surface area contributed by atoms with E-state index in [1.165, 1.54) is 12.5 Å². The van der Waals surface area contributed by atoms with E-state index in [9.17, 15) is 9.59 Å². The van der Waals surface area contributed by atoms with Crippen LogP contribution in [-0.2, 0) is 11.3 Å². The van der Waals surface area contributed by atoms with E-state index in [0.717, 1.165) is 41.3 Å². The lowest BCUT2D eigenvalue weighted by atomic mass is 9.95. The Morgan fingerprint density at radius 2 is 2.03 bits per heavy atom. The summed E-state index contributed by atoms with van der Waals surface area (Å²) in [7, 11) is 1.84. The highest BCUT2D eigenvalue weighted by molar-refractivity contribution is 5.94. The van der Waals surface area contributed by atoms with Crippen molar-refractivity contribution in [2.45, 2.75) is 32.7 Å². The van der Waals surface area contributed by atoms with Crippen LogP contribution in [0.2, 0.25) is 0 Å². The Morgan fingerprint density at radius 3 is 2.81 bits per heavy atom. The van der Waals surface area contributed by atoms with E-state index < -0.39 is 0 Å². The first-order chi connectivity index (χ1) is 15.6. The van der Waals surface area contributed by atoms with E-state index in [4.69, 9.17) is 9.15 Å². The zero-order valence-corrected chi connectivity index (χ0v) is 18.8. The van der Waals surface area contributed by atoms with Gasteiger partial charge in [0.2, 0.25) is 5.91 Å². The molecule has 0 aliphatic carbocycles. The van der Waals surface area contributed by atoms with Crippen molar-refractivity contribution in [2.75, 3.05) is 26.7 Å². The molecular formula is C26H30N2O4. The Labute approximate surface area is 188 Å². The maximum Gasteiger partial charge on any atom is 0.257 e. The van der Waals surface area contributed by atoms with Gasteiger partial charge in [-0.1, -0.05) is 37.3 Å². The molecule has 0 spiro atoms. The highest BCUT2D eigenvalue weighted by Crippen LogP contribution is 2.30. The zero-order valence-electron chi connectivity index (χ0n) is 18.8. The van der Waals surface area contributed by atoms with Gasteiger partial charge in [-0.2, -0.15) is 0 Å². The molecule has 0 saturated carbocycles. The van der Waals surface area contributed by atoms with Crippen molar-refractivity contribution in [2.24, 2.45) is 5.92 Å². The summed E-state index contributed by atoms with van der Waals surface area (Å²) in [6.07, 6.45) is 5.47. The average molecular weight is 435 g/mol. The summed E-state index contributed by atoms with van der Waals surface area (Å²) in [5.41, 5.74) is 1.55. The van der Waals surface area contributed by atoms with Crippen LogP contribution in [0.5, 0.6) is 5.75 Å². The standard InChI is InChI=1S/C26H30N2O4/c1-3-14-32-24-11-10-19-7-4-5-9-22(19)23(24)17-27(2)25(29)20-8-6-13-28(16-20)26(30)21-12-15-31-18-21/h4-5,7,9-12,15,18,20H,3,6,8,13-14,16-17H2,1-2H3. The largest absolute Gasteiger partial charge is 0.493 e. The van der Waals surface area contributed by atoms with Crippen LogP contribution in [0.4, 0.5) is 0 Å². The van der Waals surface area contributed by atoms with Gasteiger partial charge in [-0.05, 0) is 42.2 Å². The quantitative estimate of drug-likeness (QED) is 0.539. The van der Waals surface area contributed by atoms with Gasteiger partial charge in [-0.3, -0.25) is 9.59 Å². The fourth-order valence-corrected chi connectivity index (χ4v) is 4.38. The normalized spacial score (nSPS) is 16.2. The summed E-state index contributed by atoms with van der Waals surface area (Å²) in [4.78, 5) is 29.6. The number of carbonyl (C=O) groups is 2. The van der Waals surface area contributed by atoms with Crippen LogP contribution in [0, 0.1) is 5.92 Å². The molecule has 0 bridgehead atoms. The molecule has 168 valence electrons. The monoisotopic (exact) mass is 434 g/mol. The first-order valence-electron chi connectivity index (χ1n) is 11.3. The number of benzene rings is 2. The number of likely N-dealkylation sites (tertiary alicyclic amines) is 1. The first kappa shape index (κ1) is 21.9. The predicted molar refractivity (Wildman–Crippen MR) is 124 cm³/mol. The average Bonchev–Trinajstić information content (AvgIpc) is 3.37. The number of fused-ring (bicyclic) bond motifs is 1. The Balaban J connectivity index is 1.51. The molecular weight excluding hydrogens is 404 g/mol. The molecule has 1 aromatic heterocycles. The number of piperidine rings is 1. The second kappa shape index (κ2) is 9.90. The van der Waals surface area contributed by atoms with E-state index in [2.05, 4.69) is 25.1 Å². The van der Waals surface area contributed by atoms with Crippen LogP contribution in [-0.4, -0.2) is 48.4 Å². The molecule has 2 amide bonds. The van der Waals surface area contributed by atoms with Crippen molar-refractivity contribution in [1.82, 2.24) is 9.80 Å². The molecule has 6 heteroatoms. The van der Waals surface area contributed by atoms with Crippen molar-refractivity contribution in [3.63, 3.8) is 0 Å². The minimum Gasteiger partial charge on any atom is -0.493 e. The van der Waals surface area contributed by atoms with Gasteiger partial charge >= 0.3 is 0 Å². The lowest BCUT2D eigenvalue weighted by Crippen LogP contribution is -2.45. The second-order valence-corrected chi connectivity index (χ2v) is 8.41. The van der Waals surface area contributed by atoms with Crippen LogP contribution in [0.25, 0.3) is 10.8 Å². The van der Waals surface area contributed by atoms with Gasteiger partial charge in [0.25, 0.3) is 5.91 Å². The number of amides is 2. The van der Waals surface area contributed by atoms with Gasteiger partial charge in [0.1, 0.15) is 12.0 Å². The molecule has 2 heterocycles. The third kappa shape index (κ3) is 4.64. The fourth-order valence-electron chi connectivity index (χ4n) is 4.38. The van der Waals surface area contributed by atoms with Gasteiger partial charge in [0.15, 0.2) is 0 Å². The molecule has 4 rings (SSSR count). The van der Waals surface area contributed by atoms with Crippen LogP contribution in [0.15, 0.2) is 59.4 Å². The maximum absolute atomic E-state index is 13.3. The van der Waals surface area contributed by atoms with Crippen molar-refractivity contribution in [3.8, 4) is 5.75 Å². The topological polar surface area (TPSA) is 63.0 Å². The molecule has 0 N–H and O–H groups in total. The van der Waals surface area contributed by atoms with Gasteiger partial charge in [-0.25, -0.2) is 0 Å². The number of hydrogen-bond acceptors (Lipinski definition) is 4. The summed E-state index contributed by atoms with van der Waals surface area (Å²) in [6, 6.07) is 13.9. The Morgan fingerprint density at radius 1 is 1.19 bits per heavy atom. The minimum absolute atomic E-state index is 0.0593. The van der Waals surface area contributed by atoms with Gasteiger partial charge in [-0.15, -0.1) is 0 Å². The number of hydrogen-bond donors (Lipinski definition) is 0. The second-order valence-electron chi connectivity index (χ2n) is 8.41. The van der Waals surface area contributed by atoms with E-state index in [1.807, 2.05) is 25.2 Å². The number of carbonyl (C=O) groups excluding carboxylic acids is 2. The number of nitrogens with zero attached hydrogens (tertiary/aromatic N) is 2. The summed E-state index contributed by atoms with van der Waals surface area (Å²) < 4.78 is 11.1. The first-order valence-corrected chi connectivity index (χ1v) is 11.3. The predicted octanol–water partition coefficient (Wildman–Crippen LogP) is 4.73. The summed E-state index contributed by atoms with van der Waals surface area (Å²) >= 11 is 0. The fraction of sp³-hybridized carbons (Fsp3) is 0.385. The van der Waals surface area contributed by atoms with Gasteiger partial charge in [0.05, 0.1) is 24.4 Å². The van der Waals surface area contributed by atoms with Crippen molar-refractivity contribution < 1.29 is 18.7 Å². The molecule has 6 nitrogen and oxygen atoms in total. The highest BCUT2D eigenvalue weighted by Gasteiger charge is 2.31. The number of rotatable bonds is 7. The summed E-state index contributed by atoms with van der Waals surface area (Å²) in [5.74, 6) is 0.595. The molecule has 1 fully saturated rings. The number of ether oxygens (including phenoxy) is 1. The summed E-state index contributed by atoms with van der Waals surface area (Å²) in [6.45, 7) is 4.27. The Kier molecular flexibility index (Phi) is 6.78. The Bertz CT molecular complexity index is 1080. The van der Waals surface area contributed by atoms with Crippen LogP contribution >= 0.6 is 0 Å². The summed E-state index contributed by atoms with van der Waals surface area (Å²) in [5, 5.41) is 2.22. The van der Waals surface area contributed by atoms with Gasteiger partial charge in [0, 0.05) is 32.2 Å². The number of furan rings is 1. The molecule has 3 aromatic rings. The SMILES string of the molecule is CCCOc1ccc2ccccc2c1CN(C)C(=O)C1CCCN(C(=O)c2ccoc2)C1. The lowest BCUT2D eigenvalue weighted by molar-refractivity contribution is -0.136. The van der Waals surface area contributed by atoms with Crippen molar-refractivity contribution in [3.05, 3.63) is 66.1 Å². The van der Waals surface area contributed by atoms with Crippen molar-refractivity contribution in [1.29, 1.82) is 0 Å². The smallest absolute Gasteiger partial charge is 0.257 e. The third-order valence-electron chi connectivity index (χ3n) is 6.06. The molecule has 32 heavy (non-hydrogen) atoms. The third-order valence-corrected chi connectivity index (χ3v) is 6.06. The van der Waals surface area contributed by atoms with Crippen LogP contribution in [0.1, 0.15) is 42.1 Å². The van der Waals surface area contributed by atoms with Gasteiger partial charge < -0.3 is 19.0 Å². The Hall–Kier alpha value is -3.28. The lowest BCUT2D eigenvalue weighted by Gasteiger charge is -2.34. The molecule has 1 aliphatic heterocycles. The maximum atomic E-state index is 13.3. The zero-order chi connectivity index (χ0) is 22.5. The van der Waals surface area contributed by atoms with Crippen molar-refractivity contribution >= 4 is 22.6 Å². The molecule has 2 aromatic carbocycles. The molecule has 1 atom stereocenters. The van der Waals surface area contributed by atoms with E-state index >= 15 is 0 Å². The van der Waals surface area contributed by atoms with E-state index in [1.54, 1.807) is 15.9 Å². The molecule has 1 aliphatic rings. The van der Waals surface area contributed by atoms with E-state index in [-0.39, 0.29) is 17.7 Å². The molecule has 1 saturated heterocycles. The molecule has 1 unspecified atom stereocenters. The minimum atomic E-state index is -0.209. The van der Waals surface area contributed by atoms with E-state index in [0.29, 0.717) is 31.8 Å². The molecule has 0 radical (unpaired) electrons. The highest BCUT2D eigenvalue weighted by atomic mass is 16.5.